The molecular formula is C9H18N2O4. The molecule has 0 heterocycles. The third kappa shape index (κ3) is 4.26. The van der Waals surface area contributed by atoms with Gasteiger partial charge in [-0.25, -0.2) is 0 Å². The van der Waals surface area contributed by atoms with Crippen molar-refractivity contribution in [3.8, 4) is 0 Å². The van der Waals surface area contributed by atoms with Gasteiger partial charge in [-0.1, -0.05) is 13.8 Å². The van der Waals surface area contributed by atoms with Crippen molar-refractivity contribution < 1.29 is 19.8 Å². The van der Waals surface area contributed by atoms with E-state index in [0.29, 0.717) is 0 Å². The number of carbonyl (C=O) groups is 2. The zero-order valence-corrected chi connectivity index (χ0v) is 9.14. The molecule has 0 aromatic rings. The van der Waals surface area contributed by atoms with E-state index in [-0.39, 0.29) is 31.3 Å². The summed E-state index contributed by atoms with van der Waals surface area (Å²) in [4.78, 5) is 24.7. The van der Waals surface area contributed by atoms with E-state index in [1.807, 2.05) is 0 Å². The van der Waals surface area contributed by atoms with Gasteiger partial charge in [-0.3, -0.25) is 9.59 Å². The first-order chi connectivity index (χ1) is 7.10. The van der Waals surface area contributed by atoms with Crippen molar-refractivity contribution in [2.45, 2.75) is 26.7 Å². The molecule has 0 aromatic carbocycles. The van der Waals surface area contributed by atoms with E-state index in [1.54, 1.807) is 13.8 Å². The van der Waals surface area contributed by atoms with Crippen LogP contribution in [-0.2, 0) is 9.59 Å². The molecule has 0 spiro atoms. The SMILES string of the molecule is CCC(=O)N(CO)CN(CO)C(=O)CC. The van der Waals surface area contributed by atoms with E-state index < -0.39 is 13.5 Å². The van der Waals surface area contributed by atoms with Gasteiger partial charge in [0.1, 0.15) is 20.1 Å². The molecule has 0 aliphatic heterocycles. The molecule has 0 rings (SSSR count). The lowest BCUT2D eigenvalue weighted by Crippen LogP contribution is -2.44. The Balaban J connectivity index is 4.36. The van der Waals surface area contributed by atoms with Crippen molar-refractivity contribution in [2.75, 3.05) is 20.1 Å². The first-order valence-electron chi connectivity index (χ1n) is 4.87. The van der Waals surface area contributed by atoms with Crippen molar-refractivity contribution in [1.82, 2.24) is 9.80 Å². The number of aliphatic hydroxyl groups excluding tert-OH is 2. The van der Waals surface area contributed by atoms with E-state index in [9.17, 15) is 9.59 Å². The highest BCUT2D eigenvalue weighted by Gasteiger charge is 2.17. The van der Waals surface area contributed by atoms with Gasteiger partial charge in [-0.2, -0.15) is 0 Å². The van der Waals surface area contributed by atoms with E-state index >= 15 is 0 Å². The second kappa shape index (κ2) is 7.19. The normalized spacial score (nSPS) is 9.87. The molecule has 0 unspecified atom stereocenters. The summed E-state index contributed by atoms with van der Waals surface area (Å²) in [7, 11) is 0. The predicted octanol–water partition coefficient (Wildman–Crippen LogP) is -0.679. The second-order valence-electron chi connectivity index (χ2n) is 3.00. The van der Waals surface area contributed by atoms with Crippen LogP contribution in [0.4, 0.5) is 0 Å². The summed E-state index contributed by atoms with van der Waals surface area (Å²) in [5.74, 6) is -0.528. The van der Waals surface area contributed by atoms with Crippen molar-refractivity contribution in [1.29, 1.82) is 0 Å². The van der Waals surface area contributed by atoms with Crippen LogP contribution in [0.3, 0.4) is 0 Å². The Hall–Kier alpha value is -1.14. The largest absolute Gasteiger partial charge is 0.376 e. The molecule has 2 amide bonds. The van der Waals surface area contributed by atoms with Crippen LogP contribution in [-0.4, -0.2) is 52.0 Å². The van der Waals surface area contributed by atoms with Crippen molar-refractivity contribution in [2.24, 2.45) is 0 Å². The fourth-order valence-corrected chi connectivity index (χ4v) is 1.06. The van der Waals surface area contributed by atoms with Crippen LogP contribution in [0.25, 0.3) is 0 Å². The lowest BCUT2D eigenvalue weighted by Gasteiger charge is -2.27. The molecule has 0 aliphatic rings. The molecule has 6 heteroatoms. The average molecular weight is 218 g/mol. The Labute approximate surface area is 89.1 Å². The molecule has 0 radical (unpaired) electrons. The first kappa shape index (κ1) is 13.9. The second-order valence-corrected chi connectivity index (χ2v) is 3.00. The highest BCUT2D eigenvalue weighted by Crippen LogP contribution is 1.99. The minimum Gasteiger partial charge on any atom is -0.376 e. The van der Waals surface area contributed by atoms with Gasteiger partial charge in [-0.05, 0) is 0 Å². The van der Waals surface area contributed by atoms with Gasteiger partial charge in [0.05, 0.1) is 0 Å². The number of carbonyl (C=O) groups excluding carboxylic acids is 2. The van der Waals surface area contributed by atoms with Gasteiger partial charge in [0, 0.05) is 12.8 Å². The van der Waals surface area contributed by atoms with Crippen LogP contribution in [0, 0.1) is 0 Å². The lowest BCUT2D eigenvalue weighted by molar-refractivity contribution is -0.146. The van der Waals surface area contributed by atoms with E-state index in [1.165, 1.54) is 0 Å². The molecular weight excluding hydrogens is 200 g/mol. The zero-order valence-electron chi connectivity index (χ0n) is 9.14. The Kier molecular flexibility index (Phi) is 6.64. The lowest BCUT2D eigenvalue weighted by atomic mass is 10.4. The Morgan fingerprint density at radius 2 is 1.27 bits per heavy atom. The summed E-state index contributed by atoms with van der Waals surface area (Å²) >= 11 is 0. The van der Waals surface area contributed by atoms with Crippen LogP contribution in [0.2, 0.25) is 0 Å². The maximum Gasteiger partial charge on any atom is 0.225 e. The van der Waals surface area contributed by atoms with Crippen molar-refractivity contribution >= 4 is 11.8 Å². The van der Waals surface area contributed by atoms with Crippen molar-refractivity contribution in [3.05, 3.63) is 0 Å². The smallest absolute Gasteiger partial charge is 0.225 e. The number of rotatable bonds is 6. The number of amides is 2. The van der Waals surface area contributed by atoms with Gasteiger partial charge in [0.25, 0.3) is 0 Å². The molecule has 15 heavy (non-hydrogen) atoms. The minimum atomic E-state index is -0.458. The molecule has 88 valence electrons. The fourth-order valence-electron chi connectivity index (χ4n) is 1.06. The Bertz CT molecular complexity index is 198. The van der Waals surface area contributed by atoms with Crippen molar-refractivity contribution in [3.63, 3.8) is 0 Å². The summed E-state index contributed by atoms with van der Waals surface area (Å²) in [5.41, 5.74) is 0. The molecule has 0 bridgehead atoms. The fraction of sp³-hybridized carbons (Fsp3) is 0.778. The summed E-state index contributed by atoms with van der Waals surface area (Å²) in [6.07, 6.45) is 0.500. The predicted molar refractivity (Wildman–Crippen MR) is 53.3 cm³/mol. The summed E-state index contributed by atoms with van der Waals surface area (Å²) in [5, 5.41) is 17.8. The Morgan fingerprint density at radius 3 is 1.47 bits per heavy atom. The number of aliphatic hydroxyl groups is 2. The van der Waals surface area contributed by atoms with Crippen LogP contribution >= 0.6 is 0 Å². The van der Waals surface area contributed by atoms with Crippen LogP contribution in [0.1, 0.15) is 26.7 Å². The van der Waals surface area contributed by atoms with E-state index in [4.69, 9.17) is 10.2 Å². The Morgan fingerprint density at radius 1 is 0.933 bits per heavy atom. The van der Waals surface area contributed by atoms with Crippen LogP contribution < -0.4 is 0 Å². The molecule has 0 saturated carbocycles. The summed E-state index contributed by atoms with van der Waals surface area (Å²) in [6.45, 7) is 2.33. The van der Waals surface area contributed by atoms with Gasteiger partial charge in [0.15, 0.2) is 0 Å². The quantitative estimate of drug-likeness (QED) is 0.579. The number of hydrogen-bond acceptors (Lipinski definition) is 4. The third-order valence-corrected chi connectivity index (χ3v) is 1.99. The van der Waals surface area contributed by atoms with Gasteiger partial charge in [-0.15, -0.1) is 0 Å². The molecule has 0 aliphatic carbocycles. The number of nitrogens with zero attached hydrogens (tertiary/aromatic N) is 2. The molecule has 0 aromatic heterocycles. The monoisotopic (exact) mass is 218 g/mol. The molecule has 0 fully saturated rings. The molecule has 6 nitrogen and oxygen atoms in total. The minimum absolute atomic E-state index is 0.0770. The average Bonchev–Trinajstić information content (AvgIpc) is 2.28. The van der Waals surface area contributed by atoms with E-state index in [2.05, 4.69) is 0 Å². The number of hydrogen-bond donors (Lipinski definition) is 2. The van der Waals surface area contributed by atoms with Gasteiger partial charge < -0.3 is 20.0 Å². The maximum atomic E-state index is 11.3. The third-order valence-electron chi connectivity index (χ3n) is 1.99. The summed E-state index contributed by atoms with van der Waals surface area (Å²) in [6, 6.07) is 0. The summed E-state index contributed by atoms with van der Waals surface area (Å²) < 4.78 is 0. The molecule has 2 N–H and O–H groups in total. The highest BCUT2D eigenvalue weighted by atomic mass is 16.3. The van der Waals surface area contributed by atoms with Gasteiger partial charge >= 0.3 is 0 Å². The first-order valence-corrected chi connectivity index (χ1v) is 4.87. The van der Waals surface area contributed by atoms with Gasteiger partial charge in [0.2, 0.25) is 11.8 Å². The standard InChI is InChI=1S/C9H18N2O4/c1-3-8(14)10(6-12)5-11(7-13)9(15)4-2/h12-13H,3-7H2,1-2H3. The molecule has 0 atom stereocenters. The highest BCUT2D eigenvalue weighted by molar-refractivity contribution is 5.78. The maximum absolute atomic E-state index is 11.3. The van der Waals surface area contributed by atoms with Crippen LogP contribution in [0.15, 0.2) is 0 Å². The van der Waals surface area contributed by atoms with E-state index in [0.717, 1.165) is 9.80 Å². The topological polar surface area (TPSA) is 81.1 Å². The zero-order chi connectivity index (χ0) is 11.8. The molecule has 0 saturated heterocycles. The van der Waals surface area contributed by atoms with Crippen LogP contribution in [0.5, 0.6) is 0 Å².